The zero-order valence-corrected chi connectivity index (χ0v) is 8.35. The van der Waals surface area contributed by atoms with E-state index in [4.69, 9.17) is 22.7 Å². The maximum absolute atomic E-state index is 5.39. The van der Waals surface area contributed by atoms with Gasteiger partial charge in [-0.25, -0.2) is 0 Å². The van der Waals surface area contributed by atoms with E-state index in [1.165, 1.54) is 0 Å². The Morgan fingerprint density at radius 2 is 2.23 bits per heavy atom. The molecule has 0 aromatic carbocycles. The van der Waals surface area contributed by atoms with Gasteiger partial charge in [0.25, 0.3) is 0 Å². The van der Waals surface area contributed by atoms with Crippen molar-refractivity contribution in [1.29, 1.82) is 0 Å². The molecule has 1 rings (SSSR count). The van der Waals surface area contributed by atoms with Gasteiger partial charge in [-0.1, -0.05) is 12.7 Å². The number of rotatable bonds is 3. The summed E-state index contributed by atoms with van der Waals surface area (Å²) < 4.78 is 5.23. The molecule has 0 spiro atoms. The average molecular weight is 201 g/mol. The Hall–Kier alpha value is -0.650. The van der Waals surface area contributed by atoms with Crippen molar-refractivity contribution in [1.82, 2.24) is 10.2 Å². The number of hydrogen-bond acceptors (Lipinski definition) is 3. The lowest BCUT2D eigenvalue weighted by Gasteiger charge is -2.33. The first-order valence-electron chi connectivity index (χ1n) is 4.24. The second kappa shape index (κ2) is 5.16. The van der Waals surface area contributed by atoms with Gasteiger partial charge in [0, 0.05) is 13.1 Å². The summed E-state index contributed by atoms with van der Waals surface area (Å²) in [5.41, 5.74) is 5.39. The van der Waals surface area contributed by atoms with Gasteiger partial charge in [-0.2, -0.15) is 0 Å². The molecule has 1 unspecified atom stereocenters. The SMILES string of the molecule is C=CC(NC(N)=S)N1CCOCC1. The van der Waals surface area contributed by atoms with Crippen LogP contribution in [-0.2, 0) is 4.74 Å². The van der Waals surface area contributed by atoms with Crippen molar-refractivity contribution in [2.75, 3.05) is 26.3 Å². The van der Waals surface area contributed by atoms with E-state index in [-0.39, 0.29) is 6.17 Å². The zero-order valence-electron chi connectivity index (χ0n) is 7.53. The van der Waals surface area contributed by atoms with Crippen molar-refractivity contribution in [3.63, 3.8) is 0 Å². The van der Waals surface area contributed by atoms with Crippen LogP contribution < -0.4 is 11.1 Å². The monoisotopic (exact) mass is 201 g/mol. The Morgan fingerprint density at radius 1 is 1.62 bits per heavy atom. The summed E-state index contributed by atoms with van der Waals surface area (Å²) >= 11 is 4.77. The maximum Gasteiger partial charge on any atom is 0.165 e. The van der Waals surface area contributed by atoms with E-state index in [0.717, 1.165) is 26.3 Å². The van der Waals surface area contributed by atoms with Crippen molar-refractivity contribution in [3.8, 4) is 0 Å². The molecule has 0 bridgehead atoms. The fourth-order valence-corrected chi connectivity index (χ4v) is 1.42. The molecule has 5 heteroatoms. The van der Waals surface area contributed by atoms with E-state index in [9.17, 15) is 0 Å². The van der Waals surface area contributed by atoms with Gasteiger partial charge < -0.3 is 15.8 Å². The highest BCUT2D eigenvalue weighted by Crippen LogP contribution is 2.01. The fraction of sp³-hybridized carbons (Fsp3) is 0.625. The van der Waals surface area contributed by atoms with E-state index in [1.54, 1.807) is 6.08 Å². The maximum atomic E-state index is 5.39. The third-order valence-corrected chi connectivity index (χ3v) is 2.07. The van der Waals surface area contributed by atoms with Gasteiger partial charge >= 0.3 is 0 Å². The summed E-state index contributed by atoms with van der Waals surface area (Å²) in [6.45, 7) is 7.00. The van der Waals surface area contributed by atoms with Crippen LogP contribution in [0.3, 0.4) is 0 Å². The molecule has 0 aromatic heterocycles. The predicted molar refractivity (Wildman–Crippen MR) is 56.3 cm³/mol. The van der Waals surface area contributed by atoms with Crippen LogP contribution in [0.2, 0.25) is 0 Å². The van der Waals surface area contributed by atoms with E-state index in [2.05, 4.69) is 16.8 Å². The number of ether oxygens (including phenoxy) is 1. The minimum absolute atomic E-state index is 0.0291. The van der Waals surface area contributed by atoms with Crippen molar-refractivity contribution in [2.45, 2.75) is 6.17 Å². The van der Waals surface area contributed by atoms with Crippen LogP contribution in [0.25, 0.3) is 0 Å². The fourth-order valence-electron chi connectivity index (χ4n) is 1.30. The second-order valence-corrected chi connectivity index (χ2v) is 3.28. The van der Waals surface area contributed by atoms with Crippen LogP contribution in [0, 0.1) is 0 Å². The quantitative estimate of drug-likeness (QED) is 0.483. The number of thiocarbonyl (C=S) groups is 1. The van der Waals surface area contributed by atoms with Gasteiger partial charge in [0.15, 0.2) is 5.11 Å². The Balaban J connectivity index is 2.43. The first kappa shape index (κ1) is 10.4. The standard InChI is InChI=1S/C8H15N3OS/c1-2-7(10-8(9)13)11-3-5-12-6-4-11/h2,7H,1,3-6H2,(H3,9,10,13). The minimum atomic E-state index is 0.0291. The summed E-state index contributed by atoms with van der Waals surface area (Å²) in [7, 11) is 0. The lowest BCUT2D eigenvalue weighted by atomic mass is 10.3. The zero-order chi connectivity index (χ0) is 9.68. The molecule has 4 nitrogen and oxygen atoms in total. The van der Waals surface area contributed by atoms with Gasteiger partial charge in [0.2, 0.25) is 0 Å². The normalized spacial score (nSPS) is 20.6. The Bertz CT molecular complexity index is 192. The van der Waals surface area contributed by atoms with Crippen molar-refractivity contribution in [3.05, 3.63) is 12.7 Å². The number of nitrogens with one attached hydrogen (secondary N) is 1. The molecule has 0 saturated carbocycles. The minimum Gasteiger partial charge on any atom is -0.379 e. The van der Waals surface area contributed by atoms with Gasteiger partial charge in [-0.3, -0.25) is 4.90 Å². The summed E-state index contributed by atoms with van der Waals surface area (Å²) in [6, 6.07) is 0. The third-order valence-electron chi connectivity index (χ3n) is 1.95. The number of nitrogens with two attached hydrogens (primary N) is 1. The van der Waals surface area contributed by atoms with Crippen LogP contribution in [0.5, 0.6) is 0 Å². The molecule has 1 aliphatic heterocycles. The Labute approximate surface area is 83.7 Å². The van der Waals surface area contributed by atoms with Crippen LogP contribution in [0.1, 0.15) is 0 Å². The van der Waals surface area contributed by atoms with Crippen molar-refractivity contribution < 1.29 is 4.74 Å². The van der Waals surface area contributed by atoms with E-state index >= 15 is 0 Å². The molecule has 13 heavy (non-hydrogen) atoms. The Morgan fingerprint density at radius 3 is 2.69 bits per heavy atom. The highest BCUT2D eigenvalue weighted by Gasteiger charge is 2.17. The lowest BCUT2D eigenvalue weighted by molar-refractivity contribution is 0.0232. The van der Waals surface area contributed by atoms with Crippen LogP contribution in [0.15, 0.2) is 12.7 Å². The van der Waals surface area contributed by atoms with Gasteiger partial charge in [0.1, 0.15) is 6.17 Å². The molecule has 74 valence electrons. The van der Waals surface area contributed by atoms with Gasteiger partial charge in [-0.15, -0.1) is 0 Å². The molecule has 0 aromatic rings. The third kappa shape index (κ3) is 3.30. The molecule has 1 heterocycles. The lowest BCUT2D eigenvalue weighted by Crippen LogP contribution is -2.52. The molecule has 1 fully saturated rings. The summed E-state index contributed by atoms with van der Waals surface area (Å²) in [4.78, 5) is 2.19. The summed E-state index contributed by atoms with van der Waals surface area (Å²) in [5, 5.41) is 3.26. The molecule has 0 aliphatic carbocycles. The summed E-state index contributed by atoms with van der Waals surface area (Å²) in [6.07, 6.45) is 1.83. The molecule has 0 radical (unpaired) electrons. The second-order valence-electron chi connectivity index (χ2n) is 2.84. The largest absolute Gasteiger partial charge is 0.379 e. The first-order chi connectivity index (χ1) is 6.24. The molecular weight excluding hydrogens is 186 g/mol. The smallest absolute Gasteiger partial charge is 0.165 e. The molecule has 1 saturated heterocycles. The van der Waals surface area contributed by atoms with Crippen LogP contribution in [-0.4, -0.2) is 42.5 Å². The summed E-state index contributed by atoms with van der Waals surface area (Å²) in [5.74, 6) is 0. The van der Waals surface area contributed by atoms with Crippen molar-refractivity contribution in [2.24, 2.45) is 5.73 Å². The number of morpholine rings is 1. The highest BCUT2D eigenvalue weighted by molar-refractivity contribution is 7.80. The van der Waals surface area contributed by atoms with Gasteiger partial charge in [-0.05, 0) is 12.2 Å². The van der Waals surface area contributed by atoms with E-state index in [0.29, 0.717) is 5.11 Å². The molecule has 0 amide bonds. The van der Waals surface area contributed by atoms with Gasteiger partial charge in [0.05, 0.1) is 13.2 Å². The molecular formula is C8H15N3OS. The molecule has 3 N–H and O–H groups in total. The van der Waals surface area contributed by atoms with Crippen molar-refractivity contribution >= 4 is 17.3 Å². The van der Waals surface area contributed by atoms with E-state index < -0.39 is 0 Å². The molecule has 1 aliphatic rings. The number of hydrogen-bond donors (Lipinski definition) is 2. The molecule has 1 atom stereocenters. The number of nitrogens with zero attached hydrogens (tertiary/aromatic N) is 1. The van der Waals surface area contributed by atoms with E-state index in [1.807, 2.05) is 0 Å². The first-order valence-corrected chi connectivity index (χ1v) is 4.65. The van der Waals surface area contributed by atoms with Crippen LogP contribution >= 0.6 is 12.2 Å². The van der Waals surface area contributed by atoms with Crippen LogP contribution in [0.4, 0.5) is 0 Å². The predicted octanol–water partition coefficient (Wildman–Crippen LogP) is -0.336. The Kier molecular flexibility index (Phi) is 4.14. The topological polar surface area (TPSA) is 50.5 Å². The average Bonchev–Trinajstić information content (AvgIpc) is 2.15. The highest BCUT2D eigenvalue weighted by atomic mass is 32.1.